The Morgan fingerprint density at radius 1 is 1.33 bits per heavy atom. The zero-order chi connectivity index (χ0) is 15.1. The van der Waals surface area contributed by atoms with Crippen LogP contribution >= 0.6 is 0 Å². The van der Waals surface area contributed by atoms with Gasteiger partial charge < -0.3 is 14.5 Å². The molecule has 1 aliphatic carbocycles. The van der Waals surface area contributed by atoms with Gasteiger partial charge in [-0.25, -0.2) is 0 Å². The first kappa shape index (κ1) is 16.3. The summed E-state index contributed by atoms with van der Waals surface area (Å²) in [5, 5.41) is 3.38. The van der Waals surface area contributed by atoms with Gasteiger partial charge in [0.1, 0.15) is 18.1 Å². The monoisotopic (exact) mass is 291 g/mol. The van der Waals surface area contributed by atoms with Gasteiger partial charge in [0.2, 0.25) is 0 Å². The summed E-state index contributed by atoms with van der Waals surface area (Å²) in [6.07, 6.45) is 8.03. The molecule has 0 fully saturated rings. The van der Waals surface area contributed by atoms with E-state index in [9.17, 15) is 0 Å². The van der Waals surface area contributed by atoms with E-state index >= 15 is 0 Å². The minimum atomic E-state index is 0.585. The van der Waals surface area contributed by atoms with Crippen LogP contribution in [0.15, 0.2) is 22.6 Å². The number of hydrogen-bond acceptors (Lipinski definition) is 3. The van der Waals surface area contributed by atoms with E-state index in [1.807, 2.05) is 0 Å². The van der Waals surface area contributed by atoms with E-state index in [1.54, 1.807) is 0 Å². The molecular weight excluding hydrogens is 262 g/mol. The Balaban J connectivity index is 1.75. The van der Waals surface area contributed by atoms with Gasteiger partial charge >= 0.3 is 0 Å². The lowest BCUT2D eigenvalue weighted by atomic mass is 9.85. The molecule has 1 N–H and O–H groups in total. The van der Waals surface area contributed by atoms with Gasteiger partial charge in [0, 0.05) is 0 Å². The normalized spacial score (nSPS) is 21.9. The summed E-state index contributed by atoms with van der Waals surface area (Å²) >= 11 is 0. The zero-order valence-corrected chi connectivity index (χ0v) is 13.7. The second kappa shape index (κ2) is 8.40. The maximum atomic E-state index is 5.88. The zero-order valence-electron chi connectivity index (χ0n) is 13.7. The molecular formula is C18H29NO2. The Morgan fingerprint density at radius 2 is 2.14 bits per heavy atom. The summed E-state index contributed by atoms with van der Waals surface area (Å²) in [5.41, 5.74) is 1.21. The predicted molar refractivity (Wildman–Crippen MR) is 86.1 cm³/mol. The van der Waals surface area contributed by atoms with Gasteiger partial charge in [-0.2, -0.15) is 0 Å². The first-order valence-electron chi connectivity index (χ1n) is 8.22. The first-order valence-corrected chi connectivity index (χ1v) is 8.22. The fourth-order valence-corrected chi connectivity index (χ4v) is 2.77. The van der Waals surface area contributed by atoms with Crippen LogP contribution in [0.2, 0.25) is 0 Å². The number of ether oxygens (including phenoxy) is 1. The summed E-state index contributed by atoms with van der Waals surface area (Å²) in [5.74, 6) is 3.36. The number of hydrogen-bond donors (Lipinski definition) is 1. The maximum Gasteiger partial charge on any atom is 0.130 e. The Kier molecular flexibility index (Phi) is 6.52. The summed E-state index contributed by atoms with van der Waals surface area (Å²) in [6, 6.07) is 2.10. The molecule has 2 rings (SSSR count). The molecule has 0 amide bonds. The molecule has 0 aromatic carbocycles. The van der Waals surface area contributed by atoms with E-state index < -0.39 is 0 Å². The number of allylic oxidation sites excluding steroid dienone is 2. The fourth-order valence-electron chi connectivity index (χ4n) is 2.77. The fraction of sp³-hybridized carbons (Fsp3) is 0.667. The Labute approximate surface area is 128 Å². The average molecular weight is 291 g/mol. The third kappa shape index (κ3) is 5.01. The van der Waals surface area contributed by atoms with Gasteiger partial charge in [-0.15, -0.1) is 0 Å². The van der Waals surface area contributed by atoms with Crippen LogP contribution in [-0.4, -0.2) is 13.2 Å². The molecule has 118 valence electrons. The van der Waals surface area contributed by atoms with E-state index in [0.29, 0.717) is 12.5 Å². The molecule has 0 aliphatic heterocycles. The smallest absolute Gasteiger partial charge is 0.130 e. The van der Waals surface area contributed by atoms with Crippen molar-refractivity contribution in [3.05, 3.63) is 35.3 Å². The molecule has 2 atom stereocenters. The third-order valence-electron chi connectivity index (χ3n) is 4.28. The largest absolute Gasteiger partial charge is 0.462 e. The van der Waals surface area contributed by atoms with Gasteiger partial charge in [0.25, 0.3) is 0 Å². The summed E-state index contributed by atoms with van der Waals surface area (Å²) in [6.45, 7) is 9.83. The van der Waals surface area contributed by atoms with Crippen molar-refractivity contribution in [3.63, 3.8) is 0 Å². The second-order valence-corrected chi connectivity index (χ2v) is 6.19. The van der Waals surface area contributed by atoms with E-state index in [2.05, 4.69) is 44.3 Å². The third-order valence-corrected chi connectivity index (χ3v) is 4.28. The van der Waals surface area contributed by atoms with Gasteiger partial charge in [-0.3, -0.25) is 0 Å². The quantitative estimate of drug-likeness (QED) is 0.575. The maximum absolute atomic E-state index is 5.88. The van der Waals surface area contributed by atoms with Crippen molar-refractivity contribution in [3.8, 4) is 0 Å². The lowest BCUT2D eigenvalue weighted by Gasteiger charge is -2.24. The molecule has 0 saturated carbocycles. The van der Waals surface area contributed by atoms with E-state index in [1.165, 1.54) is 12.0 Å². The lowest BCUT2D eigenvalue weighted by Crippen LogP contribution is -2.19. The van der Waals surface area contributed by atoms with Crippen molar-refractivity contribution in [2.24, 2.45) is 11.8 Å². The Morgan fingerprint density at radius 3 is 2.90 bits per heavy atom. The van der Waals surface area contributed by atoms with E-state index in [-0.39, 0.29) is 0 Å². The van der Waals surface area contributed by atoms with E-state index in [4.69, 9.17) is 9.15 Å². The lowest BCUT2D eigenvalue weighted by molar-refractivity contribution is 0.0577. The standard InChI is InChI=1S/C18H29NO2/c1-4-9-19-11-18-15(3)10-17(21-18)13-20-12-16-8-6-5-7-14(16)2/h5-6,10,14,16,19H,4,7-9,11-13H2,1-3H3. The van der Waals surface area contributed by atoms with Crippen molar-refractivity contribution >= 4 is 0 Å². The molecule has 0 saturated heterocycles. The molecule has 3 heteroatoms. The van der Waals surface area contributed by atoms with Crippen LogP contribution in [0.3, 0.4) is 0 Å². The van der Waals surface area contributed by atoms with Crippen molar-refractivity contribution < 1.29 is 9.15 Å². The number of aryl methyl sites for hydroxylation is 1. The van der Waals surface area contributed by atoms with Gasteiger partial charge in [-0.05, 0) is 56.2 Å². The first-order chi connectivity index (χ1) is 10.2. The van der Waals surface area contributed by atoms with Gasteiger partial charge in [-0.1, -0.05) is 26.0 Å². The van der Waals surface area contributed by atoms with E-state index in [0.717, 1.165) is 50.0 Å². The Bertz CT molecular complexity index is 450. The molecule has 0 bridgehead atoms. The highest BCUT2D eigenvalue weighted by molar-refractivity contribution is 5.19. The number of furan rings is 1. The van der Waals surface area contributed by atoms with Crippen LogP contribution < -0.4 is 5.32 Å². The Hall–Kier alpha value is -1.06. The number of rotatable bonds is 8. The molecule has 0 radical (unpaired) electrons. The second-order valence-electron chi connectivity index (χ2n) is 6.19. The molecule has 21 heavy (non-hydrogen) atoms. The topological polar surface area (TPSA) is 34.4 Å². The molecule has 3 nitrogen and oxygen atoms in total. The highest BCUT2D eigenvalue weighted by Crippen LogP contribution is 2.25. The van der Waals surface area contributed by atoms with Gasteiger partial charge in [0.15, 0.2) is 0 Å². The minimum Gasteiger partial charge on any atom is -0.462 e. The van der Waals surface area contributed by atoms with Crippen LogP contribution in [0.1, 0.15) is 50.2 Å². The van der Waals surface area contributed by atoms with Crippen molar-refractivity contribution in [1.29, 1.82) is 0 Å². The van der Waals surface area contributed by atoms with Crippen LogP contribution in [0.25, 0.3) is 0 Å². The summed E-state index contributed by atoms with van der Waals surface area (Å²) < 4.78 is 11.8. The van der Waals surface area contributed by atoms with Crippen molar-refractivity contribution in [2.45, 2.75) is 53.2 Å². The molecule has 1 aromatic heterocycles. The summed E-state index contributed by atoms with van der Waals surface area (Å²) in [4.78, 5) is 0. The van der Waals surface area contributed by atoms with Gasteiger partial charge in [0.05, 0.1) is 13.2 Å². The summed E-state index contributed by atoms with van der Waals surface area (Å²) in [7, 11) is 0. The van der Waals surface area contributed by atoms with Crippen molar-refractivity contribution in [2.75, 3.05) is 13.2 Å². The molecule has 0 spiro atoms. The highest BCUT2D eigenvalue weighted by atomic mass is 16.5. The predicted octanol–water partition coefficient (Wildman–Crippen LogP) is 4.21. The minimum absolute atomic E-state index is 0.585. The molecule has 1 heterocycles. The van der Waals surface area contributed by atoms with Crippen LogP contribution in [0.4, 0.5) is 0 Å². The van der Waals surface area contributed by atoms with Crippen LogP contribution in [0, 0.1) is 18.8 Å². The highest BCUT2D eigenvalue weighted by Gasteiger charge is 2.18. The van der Waals surface area contributed by atoms with Crippen molar-refractivity contribution in [1.82, 2.24) is 5.32 Å². The molecule has 2 unspecified atom stereocenters. The average Bonchev–Trinajstić information content (AvgIpc) is 2.82. The SMILES string of the molecule is CCCNCc1oc(COCC2CC=CCC2C)cc1C. The molecule has 1 aromatic rings. The van der Waals surface area contributed by atoms with Crippen LogP contribution in [-0.2, 0) is 17.9 Å². The molecule has 1 aliphatic rings. The number of nitrogens with one attached hydrogen (secondary N) is 1. The van der Waals surface area contributed by atoms with Crippen LogP contribution in [0.5, 0.6) is 0 Å².